The molecule has 0 aromatic heterocycles. The fraction of sp³-hybridized carbons (Fsp3) is 0.444. The van der Waals surface area contributed by atoms with Crippen LogP contribution in [0.5, 0.6) is 5.75 Å². The Hall–Kier alpha value is -2.75. The number of nitrogens with zero attached hydrogens (tertiary/aromatic N) is 1. The van der Waals surface area contributed by atoms with E-state index in [4.69, 9.17) is 9.47 Å². The summed E-state index contributed by atoms with van der Waals surface area (Å²) >= 11 is 1.51. The Morgan fingerprint density at radius 2 is 2.00 bits per heavy atom. The van der Waals surface area contributed by atoms with Crippen LogP contribution in [0.4, 0.5) is 4.79 Å². The Morgan fingerprint density at radius 3 is 2.64 bits per heavy atom. The normalized spacial score (nSPS) is 14.2. The number of benzene rings is 1. The molecule has 0 unspecified atom stereocenters. The summed E-state index contributed by atoms with van der Waals surface area (Å²) in [5, 5.41) is 5.06. The highest BCUT2D eigenvalue weighted by Gasteiger charge is 2.28. The van der Waals surface area contributed by atoms with E-state index < -0.39 is 36.5 Å². The number of urea groups is 1. The van der Waals surface area contributed by atoms with Crippen molar-refractivity contribution in [3.63, 3.8) is 0 Å². The van der Waals surface area contributed by atoms with Crippen molar-refractivity contribution in [1.82, 2.24) is 15.5 Å². The Labute approximate surface area is 167 Å². The van der Waals surface area contributed by atoms with Gasteiger partial charge in [-0.3, -0.25) is 14.5 Å². The molecule has 1 saturated heterocycles. The third kappa shape index (κ3) is 6.76. The van der Waals surface area contributed by atoms with Gasteiger partial charge in [-0.1, -0.05) is 18.2 Å². The number of imide groups is 1. The van der Waals surface area contributed by atoms with E-state index in [1.165, 1.54) is 11.8 Å². The second-order valence-electron chi connectivity index (χ2n) is 5.89. The zero-order chi connectivity index (χ0) is 20.4. The summed E-state index contributed by atoms with van der Waals surface area (Å²) < 4.78 is 10.4. The first-order valence-corrected chi connectivity index (χ1v) is 10.1. The maximum atomic E-state index is 12.3. The minimum absolute atomic E-state index is 0.235. The maximum absolute atomic E-state index is 12.3. The topological polar surface area (TPSA) is 114 Å². The number of ether oxygens (including phenoxy) is 2. The molecule has 0 saturated carbocycles. The largest absolute Gasteiger partial charge is 0.484 e. The molecule has 10 heteroatoms. The quantitative estimate of drug-likeness (QED) is 0.538. The van der Waals surface area contributed by atoms with E-state index in [2.05, 4.69) is 10.6 Å². The highest BCUT2D eigenvalue weighted by molar-refractivity contribution is 7.98. The molecule has 0 radical (unpaired) electrons. The lowest BCUT2D eigenvalue weighted by molar-refractivity contribution is -0.153. The van der Waals surface area contributed by atoms with Crippen LogP contribution >= 0.6 is 11.8 Å². The van der Waals surface area contributed by atoms with Gasteiger partial charge >= 0.3 is 12.0 Å². The molecule has 2 rings (SSSR count). The molecule has 0 aliphatic carbocycles. The summed E-state index contributed by atoms with van der Waals surface area (Å²) in [6.07, 6.45) is 2.22. The number of nitrogens with one attached hydrogen (secondary N) is 2. The SMILES string of the molecule is CSCC[C@@H](NC(=O)COc1ccccc1)C(=O)OCC(=O)N1CCNC1=O. The average Bonchev–Trinajstić information content (AvgIpc) is 3.14. The van der Waals surface area contributed by atoms with E-state index in [0.717, 1.165) is 4.90 Å². The molecule has 1 atom stereocenters. The number of carbonyl (C=O) groups is 4. The predicted octanol–water partition coefficient (Wildman–Crippen LogP) is 0.398. The summed E-state index contributed by atoms with van der Waals surface area (Å²) in [7, 11) is 0. The van der Waals surface area contributed by atoms with Gasteiger partial charge in [-0.25, -0.2) is 9.59 Å². The molecular weight excluding hydrogens is 386 g/mol. The van der Waals surface area contributed by atoms with Crippen molar-refractivity contribution in [3.8, 4) is 5.75 Å². The van der Waals surface area contributed by atoms with Gasteiger partial charge < -0.3 is 20.1 Å². The first-order valence-electron chi connectivity index (χ1n) is 8.72. The molecule has 0 spiro atoms. The first kappa shape index (κ1) is 21.5. The molecule has 1 heterocycles. The van der Waals surface area contributed by atoms with Crippen LogP contribution in [0.1, 0.15) is 6.42 Å². The predicted molar refractivity (Wildman–Crippen MR) is 103 cm³/mol. The van der Waals surface area contributed by atoms with E-state index in [-0.39, 0.29) is 13.2 Å². The van der Waals surface area contributed by atoms with Crippen molar-refractivity contribution in [2.45, 2.75) is 12.5 Å². The van der Waals surface area contributed by atoms with Crippen LogP contribution < -0.4 is 15.4 Å². The van der Waals surface area contributed by atoms with E-state index in [1.807, 2.05) is 12.3 Å². The molecule has 1 fully saturated rings. The summed E-state index contributed by atoms with van der Waals surface area (Å²) in [5.41, 5.74) is 0. The highest BCUT2D eigenvalue weighted by atomic mass is 32.2. The van der Waals surface area contributed by atoms with Gasteiger partial charge in [0.15, 0.2) is 13.2 Å². The summed E-state index contributed by atoms with van der Waals surface area (Å²) in [4.78, 5) is 48.8. The zero-order valence-corrected chi connectivity index (χ0v) is 16.3. The fourth-order valence-corrected chi connectivity index (χ4v) is 2.88. The van der Waals surface area contributed by atoms with Crippen LogP contribution in [0.3, 0.4) is 0 Å². The van der Waals surface area contributed by atoms with Gasteiger partial charge in [0.05, 0.1) is 0 Å². The van der Waals surface area contributed by atoms with Crippen molar-refractivity contribution in [1.29, 1.82) is 0 Å². The maximum Gasteiger partial charge on any atom is 0.329 e. The fourth-order valence-electron chi connectivity index (χ4n) is 2.41. The Bertz CT molecular complexity index is 700. The van der Waals surface area contributed by atoms with Crippen molar-refractivity contribution >= 4 is 35.6 Å². The van der Waals surface area contributed by atoms with Crippen LogP contribution in [0.15, 0.2) is 30.3 Å². The second kappa shape index (κ2) is 11.2. The molecule has 1 aliphatic heterocycles. The number of hydrogen-bond acceptors (Lipinski definition) is 7. The monoisotopic (exact) mass is 409 g/mol. The molecule has 152 valence electrons. The molecule has 9 nitrogen and oxygen atoms in total. The van der Waals surface area contributed by atoms with Crippen LogP contribution in [0.25, 0.3) is 0 Å². The van der Waals surface area contributed by atoms with Crippen molar-refractivity contribution in [2.75, 3.05) is 38.3 Å². The number of amides is 4. The molecule has 1 aliphatic rings. The van der Waals surface area contributed by atoms with Gasteiger partial charge in [0.25, 0.3) is 11.8 Å². The van der Waals surface area contributed by atoms with E-state index in [0.29, 0.717) is 24.5 Å². The number of carbonyl (C=O) groups excluding carboxylic acids is 4. The standard InChI is InChI=1S/C18H23N3O6S/c1-28-10-7-14(20-15(22)11-26-13-5-3-2-4-6-13)17(24)27-12-16(23)21-9-8-19-18(21)25/h2-6,14H,7-12H2,1H3,(H,19,25)(H,20,22)/t14-/m1/s1. The highest BCUT2D eigenvalue weighted by Crippen LogP contribution is 2.08. The lowest BCUT2D eigenvalue weighted by Gasteiger charge is -2.18. The third-order valence-corrected chi connectivity index (χ3v) is 4.48. The van der Waals surface area contributed by atoms with Crippen molar-refractivity contribution in [3.05, 3.63) is 30.3 Å². The molecule has 4 amide bonds. The number of rotatable bonds is 10. The van der Waals surface area contributed by atoms with Gasteiger partial charge in [0.2, 0.25) is 0 Å². The smallest absolute Gasteiger partial charge is 0.329 e. The van der Waals surface area contributed by atoms with E-state index >= 15 is 0 Å². The lowest BCUT2D eigenvalue weighted by Crippen LogP contribution is -2.45. The van der Waals surface area contributed by atoms with Crippen molar-refractivity contribution < 1.29 is 28.7 Å². The number of hydrogen-bond donors (Lipinski definition) is 2. The number of para-hydroxylation sites is 1. The van der Waals surface area contributed by atoms with Crippen LogP contribution in [0, 0.1) is 0 Å². The Kier molecular flexibility index (Phi) is 8.60. The van der Waals surface area contributed by atoms with Gasteiger partial charge in [-0.05, 0) is 30.6 Å². The Balaban J connectivity index is 1.82. The Morgan fingerprint density at radius 1 is 1.25 bits per heavy atom. The number of thioether (sulfide) groups is 1. The summed E-state index contributed by atoms with van der Waals surface area (Å²) in [6, 6.07) is 7.41. The van der Waals surface area contributed by atoms with Gasteiger partial charge in [-0.15, -0.1) is 0 Å². The van der Waals surface area contributed by atoms with E-state index in [9.17, 15) is 19.2 Å². The minimum atomic E-state index is -0.903. The van der Waals surface area contributed by atoms with Crippen LogP contribution in [-0.2, 0) is 19.1 Å². The van der Waals surface area contributed by atoms with Crippen LogP contribution in [0.2, 0.25) is 0 Å². The van der Waals surface area contributed by atoms with Gasteiger partial charge in [-0.2, -0.15) is 11.8 Å². The summed E-state index contributed by atoms with van der Waals surface area (Å²) in [5.74, 6) is -0.657. The third-order valence-electron chi connectivity index (χ3n) is 3.84. The number of esters is 1. The summed E-state index contributed by atoms with van der Waals surface area (Å²) in [6.45, 7) is -0.205. The first-order chi connectivity index (χ1) is 13.5. The molecule has 1 aromatic rings. The average molecular weight is 409 g/mol. The molecular formula is C18H23N3O6S. The minimum Gasteiger partial charge on any atom is -0.484 e. The lowest BCUT2D eigenvalue weighted by atomic mass is 10.2. The molecule has 28 heavy (non-hydrogen) atoms. The second-order valence-corrected chi connectivity index (χ2v) is 6.87. The van der Waals surface area contributed by atoms with Crippen molar-refractivity contribution in [2.24, 2.45) is 0 Å². The van der Waals surface area contributed by atoms with Gasteiger partial charge in [0, 0.05) is 13.1 Å². The van der Waals surface area contributed by atoms with E-state index in [1.54, 1.807) is 24.3 Å². The van der Waals surface area contributed by atoms with Gasteiger partial charge in [0.1, 0.15) is 11.8 Å². The van der Waals surface area contributed by atoms with Crippen LogP contribution in [-0.4, -0.2) is 73.1 Å². The zero-order valence-electron chi connectivity index (χ0n) is 15.5. The molecule has 1 aromatic carbocycles. The molecule has 2 N–H and O–H groups in total. The molecule has 0 bridgehead atoms.